The molecular weight excluding hydrogens is 502 g/mol. The molecule has 200 valence electrons. The van der Waals surface area contributed by atoms with Gasteiger partial charge in [-0.2, -0.15) is 0 Å². The van der Waals surface area contributed by atoms with Gasteiger partial charge in [0.15, 0.2) is 5.11 Å². The summed E-state index contributed by atoms with van der Waals surface area (Å²) in [5, 5.41) is 7.22. The van der Waals surface area contributed by atoms with E-state index in [0.717, 1.165) is 22.6 Å². The van der Waals surface area contributed by atoms with Crippen molar-refractivity contribution in [2.24, 2.45) is 0 Å². The minimum atomic E-state index is -0.133. The molecule has 0 radical (unpaired) electrons. The minimum Gasteiger partial charge on any atom is -0.351 e. The van der Waals surface area contributed by atoms with Crippen molar-refractivity contribution in [3.05, 3.63) is 106 Å². The van der Waals surface area contributed by atoms with Crippen LogP contribution in [0, 0.1) is 34.6 Å². The van der Waals surface area contributed by atoms with Crippen molar-refractivity contribution in [3.63, 3.8) is 0 Å². The standard InChI is InChI=1S/C32H35N5OS/c1-7-29(38)34-26-15-14-24(17-20(26)3)37-31(30(35-32(37)39)27-12-8-9-16-33-27)25-18-21(4)36(23(25)6)28-13-10-11-19(2)22(28)5/h8-18,30-31H,7H2,1-6H3,(H,34,38)(H,35,39)/t30-,31+/m0/s1. The van der Waals surface area contributed by atoms with E-state index >= 15 is 0 Å². The Balaban J connectivity index is 1.65. The quantitative estimate of drug-likeness (QED) is 0.261. The summed E-state index contributed by atoms with van der Waals surface area (Å²) in [6.45, 7) is 12.5. The third-order valence-electron chi connectivity index (χ3n) is 7.79. The summed E-state index contributed by atoms with van der Waals surface area (Å²) in [4.78, 5) is 18.9. The number of carbonyl (C=O) groups excluding carboxylic acids is 1. The lowest BCUT2D eigenvalue weighted by atomic mass is 9.96. The maximum absolute atomic E-state index is 12.0. The normalized spacial score (nSPS) is 16.9. The summed E-state index contributed by atoms with van der Waals surface area (Å²) in [5.74, 6) is -0.00353. The largest absolute Gasteiger partial charge is 0.351 e. The van der Waals surface area contributed by atoms with E-state index in [4.69, 9.17) is 17.2 Å². The number of aromatic nitrogens is 2. The molecule has 3 heterocycles. The number of nitrogens with one attached hydrogen (secondary N) is 2. The van der Waals surface area contributed by atoms with Crippen LogP contribution in [-0.4, -0.2) is 20.6 Å². The molecule has 0 saturated carbocycles. The SMILES string of the molecule is CCC(=O)Nc1ccc(N2C(=S)N[C@@H](c3ccccn3)[C@H]2c2cc(C)n(-c3cccc(C)c3C)c2C)cc1C. The van der Waals surface area contributed by atoms with Gasteiger partial charge < -0.3 is 20.1 Å². The van der Waals surface area contributed by atoms with Crippen molar-refractivity contribution < 1.29 is 4.79 Å². The molecule has 4 aromatic rings. The molecule has 1 aliphatic heterocycles. The molecule has 6 nitrogen and oxygen atoms in total. The van der Waals surface area contributed by atoms with Gasteiger partial charge in [0.1, 0.15) is 0 Å². The maximum atomic E-state index is 12.0. The summed E-state index contributed by atoms with van der Waals surface area (Å²) < 4.78 is 2.35. The lowest BCUT2D eigenvalue weighted by molar-refractivity contribution is -0.115. The van der Waals surface area contributed by atoms with E-state index in [2.05, 4.69) is 84.2 Å². The van der Waals surface area contributed by atoms with Gasteiger partial charge in [0.25, 0.3) is 0 Å². The van der Waals surface area contributed by atoms with Crippen molar-refractivity contribution in [2.75, 3.05) is 10.2 Å². The Morgan fingerprint density at radius 2 is 1.79 bits per heavy atom. The van der Waals surface area contributed by atoms with E-state index < -0.39 is 0 Å². The number of amides is 1. The van der Waals surface area contributed by atoms with Crippen LogP contribution >= 0.6 is 12.2 Å². The molecule has 1 saturated heterocycles. The Morgan fingerprint density at radius 1 is 1.00 bits per heavy atom. The van der Waals surface area contributed by atoms with Gasteiger partial charge >= 0.3 is 0 Å². The molecule has 0 aliphatic carbocycles. The molecule has 2 aromatic heterocycles. The van der Waals surface area contributed by atoms with Gasteiger partial charge in [0, 0.05) is 41.1 Å². The zero-order valence-electron chi connectivity index (χ0n) is 23.4. The second-order valence-electron chi connectivity index (χ2n) is 10.3. The number of benzene rings is 2. The molecule has 39 heavy (non-hydrogen) atoms. The van der Waals surface area contributed by atoms with Crippen LogP contribution in [-0.2, 0) is 4.79 Å². The second kappa shape index (κ2) is 10.7. The highest BCUT2D eigenvalue weighted by Gasteiger charge is 2.42. The number of thiocarbonyl (C=S) groups is 1. The van der Waals surface area contributed by atoms with Gasteiger partial charge in [-0.15, -0.1) is 0 Å². The van der Waals surface area contributed by atoms with E-state index in [9.17, 15) is 4.79 Å². The fraction of sp³-hybridized carbons (Fsp3) is 0.281. The maximum Gasteiger partial charge on any atom is 0.224 e. The highest BCUT2D eigenvalue weighted by Crippen LogP contribution is 2.44. The van der Waals surface area contributed by atoms with Gasteiger partial charge in [-0.05, 0) is 112 Å². The molecule has 5 rings (SSSR count). The second-order valence-corrected chi connectivity index (χ2v) is 10.7. The number of carbonyl (C=O) groups is 1. The molecule has 2 aromatic carbocycles. The van der Waals surface area contributed by atoms with E-state index in [1.807, 2.05) is 44.3 Å². The first-order valence-corrected chi connectivity index (χ1v) is 13.8. The van der Waals surface area contributed by atoms with Gasteiger partial charge in [0.05, 0.1) is 17.8 Å². The average Bonchev–Trinajstić information content (AvgIpc) is 3.42. The molecule has 1 fully saturated rings. The zero-order chi connectivity index (χ0) is 27.8. The van der Waals surface area contributed by atoms with Crippen LogP contribution in [0.5, 0.6) is 0 Å². The summed E-state index contributed by atoms with van der Waals surface area (Å²) in [7, 11) is 0. The molecule has 0 bridgehead atoms. The van der Waals surface area contributed by atoms with Gasteiger partial charge in [-0.3, -0.25) is 9.78 Å². The molecule has 2 atom stereocenters. The van der Waals surface area contributed by atoms with Crippen LogP contribution in [0.4, 0.5) is 11.4 Å². The van der Waals surface area contributed by atoms with Gasteiger partial charge in [-0.25, -0.2) is 0 Å². The number of anilines is 2. The third-order valence-corrected chi connectivity index (χ3v) is 8.10. The van der Waals surface area contributed by atoms with Crippen molar-refractivity contribution in [1.29, 1.82) is 0 Å². The summed E-state index contributed by atoms with van der Waals surface area (Å²) in [6, 6.07) is 20.6. The summed E-state index contributed by atoms with van der Waals surface area (Å²) in [5.41, 5.74) is 11.0. The lowest BCUT2D eigenvalue weighted by Crippen LogP contribution is -2.29. The van der Waals surface area contributed by atoms with Crippen LogP contribution in [0.3, 0.4) is 0 Å². The smallest absolute Gasteiger partial charge is 0.224 e. The predicted octanol–water partition coefficient (Wildman–Crippen LogP) is 6.94. The van der Waals surface area contributed by atoms with Crippen molar-refractivity contribution in [3.8, 4) is 5.69 Å². The lowest BCUT2D eigenvalue weighted by Gasteiger charge is -2.29. The molecule has 7 heteroatoms. The minimum absolute atomic E-state index is 0.00353. The Morgan fingerprint density at radius 3 is 2.49 bits per heavy atom. The zero-order valence-corrected chi connectivity index (χ0v) is 24.2. The van der Waals surface area contributed by atoms with Gasteiger partial charge in [0.2, 0.25) is 5.91 Å². The molecule has 1 aliphatic rings. The molecule has 1 amide bonds. The van der Waals surface area contributed by atoms with E-state index in [1.54, 1.807) is 0 Å². The summed E-state index contributed by atoms with van der Waals surface area (Å²) in [6.07, 6.45) is 2.26. The van der Waals surface area contributed by atoms with Crippen LogP contribution in [0.15, 0.2) is 66.9 Å². The number of rotatable bonds is 6. The van der Waals surface area contributed by atoms with Crippen molar-refractivity contribution >= 4 is 34.6 Å². The number of pyridine rings is 1. The van der Waals surface area contributed by atoms with Crippen molar-refractivity contribution in [1.82, 2.24) is 14.9 Å². The first kappa shape index (κ1) is 26.6. The Labute approximate surface area is 236 Å². The van der Waals surface area contributed by atoms with E-state index in [0.29, 0.717) is 11.5 Å². The highest BCUT2D eigenvalue weighted by molar-refractivity contribution is 7.80. The van der Waals surface area contributed by atoms with Gasteiger partial charge in [-0.1, -0.05) is 25.1 Å². The molecule has 0 unspecified atom stereocenters. The topological polar surface area (TPSA) is 62.2 Å². The van der Waals surface area contributed by atoms with Crippen LogP contribution in [0.25, 0.3) is 5.69 Å². The average molecular weight is 538 g/mol. The van der Waals surface area contributed by atoms with Crippen LogP contribution in [0.1, 0.15) is 64.8 Å². The number of nitrogens with zero attached hydrogens (tertiary/aromatic N) is 3. The van der Waals surface area contributed by atoms with E-state index in [-0.39, 0.29) is 18.0 Å². The summed E-state index contributed by atoms with van der Waals surface area (Å²) >= 11 is 5.97. The molecular formula is C32H35N5OS. The van der Waals surface area contributed by atoms with Crippen LogP contribution < -0.4 is 15.5 Å². The number of aryl methyl sites for hydroxylation is 3. The number of hydrogen-bond acceptors (Lipinski definition) is 3. The monoisotopic (exact) mass is 537 g/mol. The third kappa shape index (κ3) is 4.83. The fourth-order valence-corrected chi connectivity index (χ4v) is 5.91. The van der Waals surface area contributed by atoms with Crippen LogP contribution in [0.2, 0.25) is 0 Å². The number of hydrogen-bond donors (Lipinski definition) is 2. The van der Waals surface area contributed by atoms with E-state index in [1.165, 1.54) is 33.8 Å². The Hall–Kier alpha value is -3.97. The first-order chi connectivity index (χ1) is 18.7. The Bertz CT molecular complexity index is 1560. The van der Waals surface area contributed by atoms with Crippen molar-refractivity contribution in [2.45, 2.75) is 60.0 Å². The fourth-order valence-electron chi connectivity index (χ4n) is 5.56. The molecule has 0 spiro atoms. The highest BCUT2D eigenvalue weighted by atomic mass is 32.1. The molecule has 2 N–H and O–H groups in total. The first-order valence-electron chi connectivity index (χ1n) is 13.4. The Kier molecular flexibility index (Phi) is 7.28. The predicted molar refractivity (Wildman–Crippen MR) is 163 cm³/mol.